The summed E-state index contributed by atoms with van der Waals surface area (Å²) < 4.78 is 1.10. The summed E-state index contributed by atoms with van der Waals surface area (Å²) in [5.74, 6) is 0. The second-order valence-corrected chi connectivity index (χ2v) is 3.86. The van der Waals surface area contributed by atoms with Crippen molar-refractivity contribution in [3.8, 4) is 0 Å². The molecule has 0 heterocycles. The molecule has 1 atom stereocenters. The highest BCUT2D eigenvalue weighted by Crippen LogP contribution is 2.16. The maximum atomic E-state index is 9.10. The summed E-state index contributed by atoms with van der Waals surface area (Å²) in [5.41, 5.74) is 0.982. The molecule has 0 saturated carbocycles. The van der Waals surface area contributed by atoms with Crippen molar-refractivity contribution in [3.05, 3.63) is 27.8 Å². The van der Waals surface area contributed by atoms with Gasteiger partial charge in [-0.25, -0.2) is 0 Å². The molecule has 4 heteroatoms. The highest BCUT2D eigenvalue weighted by atomic mass is 127. The smallest absolute Gasteiger partial charge is 0.0942 e. The topological polar surface area (TPSA) is 52.5 Å². The van der Waals surface area contributed by atoms with Crippen LogP contribution in [0.1, 0.15) is 0 Å². The molecule has 3 N–H and O–H groups in total. The third-order valence-electron chi connectivity index (χ3n) is 1.61. The predicted molar refractivity (Wildman–Crippen MR) is 60.7 cm³/mol. The average Bonchev–Trinajstić information content (AvgIpc) is 2.16. The van der Waals surface area contributed by atoms with Gasteiger partial charge in [-0.2, -0.15) is 0 Å². The van der Waals surface area contributed by atoms with Crippen LogP contribution in [0.4, 0.5) is 5.69 Å². The number of aliphatic hydroxyl groups is 2. The van der Waals surface area contributed by atoms with Crippen molar-refractivity contribution in [2.24, 2.45) is 0 Å². The van der Waals surface area contributed by atoms with Gasteiger partial charge in [-0.3, -0.25) is 0 Å². The summed E-state index contributed by atoms with van der Waals surface area (Å²) in [6.45, 7) is 0.160. The first-order valence-electron chi connectivity index (χ1n) is 4.01. The number of hydrogen-bond acceptors (Lipinski definition) is 3. The number of para-hydroxylation sites is 1. The Labute approximate surface area is 90.9 Å². The molecule has 3 nitrogen and oxygen atoms in total. The van der Waals surface area contributed by atoms with Crippen molar-refractivity contribution >= 4 is 28.3 Å². The van der Waals surface area contributed by atoms with Gasteiger partial charge in [-0.15, -0.1) is 0 Å². The SMILES string of the molecule is OC[C@@H](O)CNc1ccccc1I. The Balaban J connectivity index is 2.50. The molecule has 0 radical (unpaired) electrons. The zero-order valence-corrected chi connectivity index (χ0v) is 9.23. The number of anilines is 1. The van der Waals surface area contributed by atoms with E-state index >= 15 is 0 Å². The second-order valence-electron chi connectivity index (χ2n) is 2.70. The van der Waals surface area contributed by atoms with E-state index in [4.69, 9.17) is 10.2 Å². The minimum Gasteiger partial charge on any atom is -0.394 e. The first-order valence-corrected chi connectivity index (χ1v) is 5.09. The molecule has 72 valence electrons. The summed E-state index contributed by atoms with van der Waals surface area (Å²) >= 11 is 2.21. The Morgan fingerprint density at radius 2 is 2.08 bits per heavy atom. The van der Waals surface area contributed by atoms with Crippen LogP contribution in [0.25, 0.3) is 0 Å². The monoisotopic (exact) mass is 293 g/mol. The lowest BCUT2D eigenvalue weighted by molar-refractivity contribution is 0.105. The van der Waals surface area contributed by atoms with Crippen LogP contribution >= 0.6 is 22.6 Å². The highest BCUT2D eigenvalue weighted by Gasteiger charge is 2.02. The standard InChI is InChI=1S/C9H12INO2/c10-8-3-1-2-4-9(8)11-5-7(13)6-12/h1-4,7,11-13H,5-6H2/t7-/m0/s1. The molecule has 0 spiro atoms. The van der Waals surface area contributed by atoms with Gasteiger partial charge < -0.3 is 15.5 Å². The fourth-order valence-electron chi connectivity index (χ4n) is 0.897. The number of aliphatic hydroxyl groups excluding tert-OH is 2. The van der Waals surface area contributed by atoms with Gasteiger partial charge >= 0.3 is 0 Å². The minimum atomic E-state index is -0.698. The average molecular weight is 293 g/mol. The van der Waals surface area contributed by atoms with E-state index in [1.165, 1.54) is 0 Å². The first kappa shape index (κ1) is 10.7. The van der Waals surface area contributed by atoms with Crippen molar-refractivity contribution in [1.29, 1.82) is 0 Å². The van der Waals surface area contributed by atoms with Gasteiger partial charge in [-0.05, 0) is 34.7 Å². The third-order valence-corrected chi connectivity index (χ3v) is 2.55. The Hall–Kier alpha value is -0.330. The van der Waals surface area contributed by atoms with Gasteiger partial charge in [0, 0.05) is 15.8 Å². The van der Waals surface area contributed by atoms with Gasteiger partial charge in [0.15, 0.2) is 0 Å². The van der Waals surface area contributed by atoms with Gasteiger partial charge in [0.25, 0.3) is 0 Å². The third kappa shape index (κ3) is 3.50. The Morgan fingerprint density at radius 1 is 1.38 bits per heavy atom. The number of nitrogens with one attached hydrogen (secondary N) is 1. The Morgan fingerprint density at radius 3 is 2.69 bits per heavy atom. The van der Waals surface area contributed by atoms with Crippen LogP contribution in [0.15, 0.2) is 24.3 Å². The molecule has 0 unspecified atom stereocenters. The molecule has 0 aliphatic rings. The predicted octanol–water partition coefficient (Wildman–Crippen LogP) is 1.06. The zero-order chi connectivity index (χ0) is 9.68. The molecule has 1 rings (SSSR count). The molecule has 0 aliphatic heterocycles. The van der Waals surface area contributed by atoms with Crippen LogP contribution < -0.4 is 5.32 Å². The van der Waals surface area contributed by atoms with Gasteiger partial charge in [0.05, 0.1) is 12.7 Å². The summed E-state index contributed by atoms with van der Waals surface area (Å²) in [6, 6.07) is 7.80. The molecular weight excluding hydrogens is 281 g/mol. The van der Waals surface area contributed by atoms with Crippen molar-refractivity contribution < 1.29 is 10.2 Å². The summed E-state index contributed by atoms with van der Waals surface area (Å²) in [6.07, 6.45) is -0.698. The van der Waals surface area contributed by atoms with Gasteiger partial charge in [-0.1, -0.05) is 12.1 Å². The van der Waals surface area contributed by atoms with Crippen LogP contribution in [-0.4, -0.2) is 29.5 Å². The Kier molecular flexibility index (Phi) is 4.47. The highest BCUT2D eigenvalue weighted by molar-refractivity contribution is 14.1. The molecule has 0 fully saturated rings. The molecule has 13 heavy (non-hydrogen) atoms. The summed E-state index contributed by atoms with van der Waals surface area (Å²) in [4.78, 5) is 0. The minimum absolute atomic E-state index is 0.212. The van der Waals surface area contributed by atoms with Crippen molar-refractivity contribution in [3.63, 3.8) is 0 Å². The van der Waals surface area contributed by atoms with Crippen LogP contribution in [-0.2, 0) is 0 Å². The molecule has 0 bridgehead atoms. The molecular formula is C9H12INO2. The lowest BCUT2D eigenvalue weighted by atomic mass is 10.3. The molecule has 1 aromatic rings. The van der Waals surface area contributed by atoms with E-state index in [0.717, 1.165) is 9.26 Å². The largest absolute Gasteiger partial charge is 0.394 e. The lowest BCUT2D eigenvalue weighted by Gasteiger charge is -2.11. The van der Waals surface area contributed by atoms with E-state index < -0.39 is 6.10 Å². The summed E-state index contributed by atoms with van der Waals surface area (Å²) in [5, 5.41) is 20.7. The first-order chi connectivity index (χ1) is 6.24. The van der Waals surface area contributed by atoms with Crippen LogP contribution in [0.3, 0.4) is 0 Å². The summed E-state index contributed by atoms with van der Waals surface area (Å²) in [7, 11) is 0. The fraction of sp³-hybridized carbons (Fsp3) is 0.333. The lowest BCUT2D eigenvalue weighted by Crippen LogP contribution is -2.23. The molecule has 1 aromatic carbocycles. The Bertz CT molecular complexity index is 268. The number of hydrogen-bond donors (Lipinski definition) is 3. The van der Waals surface area contributed by atoms with Crippen molar-refractivity contribution in [1.82, 2.24) is 0 Å². The van der Waals surface area contributed by atoms with E-state index in [1.54, 1.807) is 0 Å². The quantitative estimate of drug-likeness (QED) is 0.728. The van der Waals surface area contributed by atoms with Crippen molar-refractivity contribution in [2.45, 2.75) is 6.10 Å². The van der Waals surface area contributed by atoms with E-state index in [1.807, 2.05) is 24.3 Å². The maximum absolute atomic E-state index is 9.10. The number of halogens is 1. The van der Waals surface area contributed by atoms with E-state index in [9.17, 15) is 0 Å². The molecule has 0 saturated heterocycles. The van der Waals surface area contributed by atoms with E-state index in [-0.39, 0.29) is 6.61 Å². The van der Waals surface area contributed by atoms with E-state index in [2.05, 4.69) is 27.9 Å². The zero-order valence-electron chi connectivity index (χ0n) is 7.07. The normalized spacial score (nSPS) is 12.5. The van der Waals surface area contributed by atoms with Crippen LogP contribution in [0.5, 0.6) is 0 Å². The number of benzene rings is 1. The fourth-order valence-corrected chi connectivity index (χ4v) is 1.47. The van der Waals surface area contributed by atoms with Crippen molar-refractivity contribution in [2.75, 3.05) is 18.5 Å². The molecule has 0 aliphatic carbocycles. The van der Waals surface area contributed by atoms with E-state index in [0.29, 0.717) is 6.54 Å². The van der Waals surface area contributed by atoms with Gasteiger partial charge in [0.1, 0.15) is 0 Å². The van der Waals surface area contributed by atoms with Gasteiger partial charge in [0.2, 0.25) is 0 Å². The number of rotatable bonds is 4. The molecule has 0 amide bonds. The second kappa shape index (κ2) is 5.41. The van der Waals surface area contributed by atoms with Crippen LogP contribution in [0.2, 0.25) is 0 Å². The van der Waals surface area contributed by atoms with Crippen LogP contribution in [0, 0.1) is 3.57 Å². The molecule has 0 aromatic heterocycles. The maximum Gasteiger partial charge on any atom is 0.0942 e.